The lowest BCUT2D eigenvalue weighted by molar-refractivity contribution is 1.16. The van der Waals surface area contributed by atoms with Crippen molar-refractivity contribution in [2.24, 2.45) is 0 Å². The number of rotatable bonds is 5. The van der Waals surface area contributed by atoms with Gasteiger partial charge in [0.15, 0.2) is 5.82 Å². The van der Waals surface area contributed by atoms with E-state index in [2.05, 4.69) is 203 Å². The zero-order valence-electron chi connectivity index (χ0n) is 31.4. The van der Waals surface area contributed by atoms with Gasteiger partial charge in [0.25, 0.3) is 0 Å². The molecular weight excluding hydrogens is 705 g/mol. The maximum atomic E-state index is 5.15. The van der Waals surface area contributed by atoms with Crippen LogP contribution in [-0.4, -0.2) is 19.1 Å². The maximum absolute atomic E-state index is 5.15. The highest BCUT2D eigenvalue weighted by Gasteiger charge is 2.20. The molecule has 0 radical (unpaired) electrons. The zero-order valence-corrected chi connectivity index (χ0v) is 31.4. The normalized spacial score (nSPS) is 11.8. The van der Waals surface area contributed by atoms with Crippen molar-refractivity contribution in [2.75, 3.05) is 0 Å². The smallest absolute Gasteiger partial charge is 0.160 e. The van der Waals surface area contributed by atoms with Crippen LogP contribution in [0.15, 0.2) is 206 Å². The summed E-state index contributed by atoms with van der Waals surface area (Å²) in [7, 11) is 0. The largest absolute Gasteiger partial charge is 0.309 e. The average Bonchev–Trinajstić information content (AvgIpc) is 3.80. The minimum Gasteiger partial charge on any atom is -0.309 e. The van der Waals surface area contributed by atoms with Gasteiger partial charge in [-0.15, -0.1) is 0 Å². The number of benzene rings is 9. The molecular formula is C54H34N4. The molecule has 0 aliphatic heterocycles. The van der Waals surface area contributed by atoms with Crippen LogP contribution in [0, 0.1) is 0 Å². The van der Waals surface area contributed by atoms with E-state index >= 15 is 0 Å². The molecule has 270 valence electrons. The van der Waals surface area contributed by atoms with Gasteiger partial charge in [0, 0.05) is 49.4 Å². The van der Waals surface area contributed by atoms with E-state index in [1.807, 2.05) is 12.1 Å². The van der Waals surface area contributed by atoms with Gasteiger partial charge in [-0.3, -0.25) is 0 Å². The van der Waals surface area contributed by atoms with Crippen molar-refractivity contribution in [3.05, 3.63) is 206 Å². The second kappa shape index (κ2) is 12.9. The van der Waals surface area contributed by atoms with Gasteiger partial charge in [-0.2, -0.15) is 0 Å². The monoisotopic (exact) mass is 738 g/mol. The average molecular weight is 739 g/mol. The molecule has 0 N–H and O–H groups in total. The number of para-hydroxylation sites is 2. The molecule has 0 amide bonds. The van der Waals surface area contributed by atoms with Crippen molar-refractivity contribution in [1.82, 2.24) is 19.1 Å². The van der Waals surface area contributed by atoms with Crippen molar-refractivity contribution < 1.29 is 0 Å². The summed E-state index contributed by atoms with van der Waals surface area (Å²) in [5.74, 6) is 0.711. The van der Waals surface area contributed by atoms with Crippen LogP contribution in [0.3, 0.4) is 0 Å². The van der Waals surface area contributed by atoms with E-state index in [9.17, 15) is 0 Å². The Hall–Kier alpha value is -7.82. The number of nitrogens with zero attached hydrogens (tertiary/aromatic N) is 4. The standard InChI is InChI=1S/C54H34N4/c1-3-13-35(14-4-1)36-23-28-41(29-24-36)58-49-32-27-37-15-7-8-18-42(37)52(49)46-33-45-43-19-10-12-22-48(43)57(50(45)34-51(46)58)40-30-25-39(26-31-40)54-55-47-21-11-9-20-44(47)53(56-54)38-16-5-2-6-17-38/h1-34H. The fraction of sp³-hybridized carbons (Fsp3) is 0. The summed E-state index contributed by atoms with van der Waals surface area (Å²) in [6.45, 7) is 0. The SMILES string of the molecule is c1ccc(-c2ccc(-n3c4cc5c(cc4c4c6ccccc6ccc43)c3ccccc3n5-c3ccc(-c4nc(-c5ccccc5)c5ccccc5n4)cc3)cc2)cc1. The Balaban J connectivity index is 1.07. The third-order valence-corrected chi connectivity index (χ3v) is 11.7. The summed E-state index contributed by atoms with van der Waals surface area (Å²) in [5.41, 5.74) is 13.2. The highest BCUT2D eigenvalue weighted by Crippen LogP contribution is 2.42. The van der Waals surface area contributed by atoms with Gasteiger partial charge in [0.1, 0.15) is 0 Å². The first-order valence-corrected chi connectivity index (χ1v) is 19.7. The van der Waals surface area contributed by atoms with Gasteiger partial charge in [0.05, 0.1) is 33.3 Å². The summed E-state index contributed by atoms with van der Waals surface area (Å²) >= 11 is 0. The molecule has 0 bridgehead atoms. The lowest BCUT2D eigenvalue weighted by Crippen LogP contribution is -1.97. The molecule has 0 saturated heterocycles. The molecule has 0 spiro atoms. The van der Waals surface area contributed by atoms with E-state index in [0.29, 0.717) is 5.82 Å². The number of aromatic nitrogens is 4. The molecule has 3 aromatic heterocycles. The first-order chi connectivity index (χ1) is 28.8. The van der Waals surface area contributed by atoms with Crippen molar-refractivity contribution in [3.8, 4) is 45.1 Å². The Morgan fingerprint density at radius 1 is 0.310 bits per heavy atom. The van der Waals surface area contributed by atoms with Crippen LogP contribution in [-0.2, 0) is 0 Å². The molecule has 3 heterocycles. The molecule has 4 heteroatoms. The van der Waals surface area contributed by atoms with Gasteiger partial charge < -0.3 is 9.13 Å². The molecule has 0 aliphatic rings. The van der Waals surface area contributed by atoms with Crippen molar-refractivity contribution >= 4 is 65.3 Å². The first-order valence-electron chi connectivity index (χ1n) is 19.7. The van der Waals surface area contributed by atoms with Crippen LogP contribution in [0.25, 0.3) is 110 Å². The van der Waals surface area contributed by atoms with Gasteiger partial charge in [0.2, 0.25) is 0 Å². The summed E-state index contributed by atoms with van der Waals surface area (Å²) in [5, 5.41) is 8.51. The summed E-state index contributed by atoms with van der Waals surface area (Å²) in [4.78, 5) is 10.2. The predicted octanol–water partition coefficient (Wildman–Crippen LogP) is 14.0. The quantitative estimate of drug-likeness (QED) is 0.176. The topological polar surface area (TPSA) is 35.6 Å². The van der Waals surface area contributed by atoms with Crippen LogP contribution >= 0.6 is 0 Å². The highest BCUT2D eigenvalue weighted by molar-refractivity contribution is 6.25. The van der Waals surface area contributed by atoms with Gasteiger partial charge in [-0.05, 0) is 88.6 Å². The second-order valence-corrected chi connectivity index (χ2v) is 15.0. The van der Waals surface area contributed by atoms with Crippen molar-refractivity contribution in [1.29, 1.82) is 0 Å². The van der Waals surface area contributed by atoms with Crippen molar-refractivity contribution in [2.45, 2.75) is 0 Å². The Kier molecular flexibility index (Phi) is 7.20. The fourth-order valence-corrected chi connectivity index (χ4v) is 9.02. The fourth-order valence-electron chi connectivity index (χ4n) is 9.02. The molecule has 12 rings (SSSR count). The molecule has 9 aromatic carbocycles. The Morgan fingerprint density at radius 2 is 0.879 bits per heavy atom. The molecule has 0 aliphatic carbocycles. The summed E-state index contributed by atoms with van der Waals surface area (Å²) in [6.07, 6.45) is 0. The second-order valence-electron chi connectivity index (χ2n) is 15.0. The molecule has 58 heavy (non-hydrogen) atoms. The Morgan fingerprint density at radius 3 is 1.64 bits per heavy atom. The van der Waals surface area contributed by atoms with E-state index in [4.69, 9.17) is 9.97 Å². The minimum absolute atomic E-state index is 0.711. The van der Waals surface area contributed by atoms with Crippen LogP contribution in [0.5, 0.6) is 0 Å². The lowest BCUT2D eigenvalue weighted by Gasteiger charge is -2.12. The zero-order chi connectivity index (χ0) is 38.2. The van der Waals surface area contributed by atoms with E-state index in [0.717, 1.165) is 44.6 Å². The molecule has 0 atom stereocenters. The van der Waals surface area contributed by atoms with E-state index in [1.165, 1.54) is 60.0 Å². The molecule has 4 nitrogen and oxygen atoms in total. The molecule has 12 aromatic rings. The first kappa shape index (κ1) is 32.4. The predicted molar refractivity (Wildman–Crippen MR) is 242 cm³/mol. The van der Waals surface area contributed by atoms with Gasteiger partial charge in [-0.25, -0.2) is 9.97 Å². The van der Waals surface area contributed by atoms with Gasteiger partial charge >= 0.3 is 0 Å². The maximum Gasteiger partial charge on any atom is 0.160 e. The third kappa shape index (κ3) is 5.02. The van der Waals surface area contributed by atoms with Crippen LogP contribution in [0.1, 0.15) is 0 Å². The molecule has 0 fully saturated rings. The van der Waals surface area contributed by atoms with Crippen LogP contribution < -0.4 is 0 Å². The Bertz CT molecular complexity index is 3530. The van der Waals surface area contributed by atoms with Crippen molar-refractivity contribution in [3.63, 3.8) is 0 Å². The minimum atomic E-state index is 0.711. The van der Waals surface area contributed by atoms with E-state index in [1.54, 1.807) is 0 Å². The number of fused-ring (bicyclic) bond motifs is 9. The summed E-state index contributed by atoms with van der Waals surface area (Å²) in [6, 6.07) is 73.8. The van der Waals surface area contributed by atoms with Gasteiger partial charge in [-0.1, -0.05) is 140 Å². The molecule has 0 saturated carbocycles. The molecule has 0 unspecified atom stereocenters. The van der Waals surface area contributed by atoms with Crippen LogP contribution in [0.4, 0.5) is 0 Å². The number of hydrogen-bond donors (Lipinski definition) is 0. The lowest BCUT2D eigenvalue weighted by atomic mass is 10.0. The highest BCUT2D eigenvalue weighted by atomic mass is 15.0. The number of hydrogen-bond acceptors (Lipinski definition) is 2. The summed E-state index contributed by atoms with van der Waals surface area (Å²) < 4.78 is 4.85. The van der Waals surface area contributed by atoms with Crippen LogP contribution in [0.2, 0.25) is 0 Å². The third-order valence-electron chi connectivity index (χ3n) is 11.7. The van der Waals surface area contributed by atoms with E-state index < -0.39 is 0 Å². The van der Waals surface area contributed by atoms with E-state index in [-0.39, 0.29) is 0 Å². The Labute approximate surface area is 334 Å².